The summed E-state index contributed by atoms with van der Waals surface area (Å²) in [5.74, 6) is 0.620. The Morgan fingerprint density at radius 3 is 2.24 bits per heavy atom. The number of phosphoric ester groups is 1. The van der Waals surface area contributed by atoms with E-state index in [1.54, 1.807) is 53.7 Å². The number of carbonyl (C=O) groups excluding carboxylic acids is 2. The summed E-state index contributed by atoms with van der Waals surface area (Å²) >= 11 is 2.08. The molecule has 0 spiro atoms. The van der Waals surface area contributed by atoms with Gasteiger partial charge in [-0.25, -0.2) is 14.1 Å². The van der Waals surface area contributed by atoms with E-state index < -0.39 is 43.1 Å². The lowest BCUT2D eigenvalue weighted by Gasteiger charge is -2.23. The molecule has 0 unspecified atom stereocenters. The van der Waals surface area contributed by atoms with Crippen LogP contribution in [-0.4, -0.2) is 73.5 Å². The lowest BCUT2D eigenvalue weighted by Crippen LogP contribution is -2.29. The second-order valence-corrected chi connectivity index (χ2v) is 15.5. The maximum absolute atomic E-state index is 13.5. The molecule has 3 rings (SSSR count). The van der Waals surface area contributed by atoms with Crippen molar-refractivity contribution < 1.29 is 37.6 Å². The standard InChI is InChI=1S/C26H38N5O8PS2/c1-24(2,3)22(33)41-11-9-36-40(35,37-10-12-42-23(34)25(4,5)6)38-14-19-18(32)13-26(15-27,39-19)20-8-7-17-21(28)29-16-30-31(17)20/h7-8,16,18-19,32H,9-14H2,1-6H3,(H2,28,29,30)/t18-,19+,26-/m0/s1. The third-order valence-electron chi connectivity index (χ3n) is 6.11. The Bertz CT molecular complexity index is 1330. The zero-order valence-electron chi connectivity index (χ0n) is 24.6. The largest absolute Gasteiger partial charge is 0.474 e. The molecular formula is C26H38N5O8PS2. The maximum Gasteiger partial charge on any atom is 0.474 e. The number of carbonyl (C=O) groups is 2. The number of phosphoric acid groups is 1. The first kappa shape index (κ1) is 34.5. The van der Waals surface area contributed by atoms with E-state index in [0.717, 1.165) is 23.5 Å². The zero-order valence-corrected chi connectivity index (χ0v) is 27.1. The summed E-state index contributed by atoms with van der Waals surface area (Å²) in [7, 11) is -4.22. The van der Waals surface area contributed by atoms with Gasteiger partial charge in [0.05, 0.1) is 31.6 Å². The van der Waals surface area contributed by atoms with E-state index in [0.29, 0.717) is 11.2 Å². The van der Waals surface area contributed by atoms with Gasteiger partial charge in [0.2, 0.25) is 0 Å². The quantitative estimate of drug-likeness (QED) is 0.250. The Balaban J connectivity index is 1.68. The number of nitrogens with zero attached hydrogens (tertiary/aromatic N) is 4. The van der Waals surface area contributed by atoms with E-state index in [2.05, 4.69) is 16.2 Å². The molecule has 3 atom stereocenters. The zero-order chi connectivity index (χ0) is 31.3. The van der Waals surface area contributed by atoms with Crippen molar-refractivity contribution >= 4 is 52.9 Å². The minimum absolute atomic E-state index is 0.0554. The average Bonchev–Trinajstić information content (AvgIpc) is 3.49. The molecule has 2 aromatic rings. The number of aliphatic hydroxyl groups is 1. The van der Waals surface area contributed by atoms with Crippen molar-refractivity contribution in [2.45, 2.75) is 65.8 Å². The number of aromatic nitrogens is 3. The van der Waals surface area contributed by atoms with Crippen LogP contribution in [0.15, 0.2) is 18.5 Å². The van der Waals surface area contributed by atoms with Gasteiger partial charge in [-0.15, -0.1) is 0 Å². The number of nitriles is 1. The number of fused-ring (bicyclic) bond motifs is 1. The van der Waals surface area contributed by atoms with Crippen LogP contribution in [0.1, 0.15) is 53.7 Å². The number of rotatable bonds is 12. The molecule has 0 amide bonds. The topological polar surface area (TPSA) is 188 Å². The molecule has 0 bridgehead atoms. The summed E-state index contributed by atoms with van der Waals surface area (Å²) in [4.78, 5) is 28.4. The van der Waals surface area contributed by atoms with Crippen LogP contribution in [0.4, 0.5) is 5.82 Å². The Labute approximate surface area is 253 Å². The molecule has 3 N–H and O–H groups in total. The fourth-order valence-electron chi connectivity index (χ4n) is 3.79. The highest BCUT2D eigenvalue weighted by molar-refractivity contribution is 8.14. The van der Waals surface area contributed by atoms with Crippen molar-refractivity contribution in [2.75, 3.05) is 37.1 Å². The second kappa shape index (κ2) is 13.7. The van der Waals surface area contributed by atoms with Crippen molar-refractivity contribution in [1.82, 2.24) is 14.6 Å². The van der Waals surface area contributed by atoms with Gasteiger partial charge in [0.15, 0.2) is 21.6 Å². The van der Waals surface area contributed by atoms with Crippen LogP contribution in [0.2, 0.25) is 0 Å². The molecule has 0 saturated carbocycles. The molecule has 13 nitrogen and oxygen atoms in total. The van der Waals surface area contributed by atoms with Gasteiger partial charge >= 0.3 is 7.82 Å². The Hall–Kier alpha value is -2.02. The lowest BCUT2D eigenvalue weighted by molar-refractivity contribution is -0.118. The lowest BCUT2D eigenvalue weighted by atomic mass is 9.96. The normalized spacial score (nSPS) is 21.5. The second-order valence-electron chi connectivity index (χ2n) is 11.7. The predicted octanol–water partition coefficient (Wildman–Crippen LogP) is 3.95. The highest BCUT2D eigenvalue weighted by Crippen LogP contribution is 2.51. The van der Waals surface area contributed by atoms with Crippen LogP contribution in [0.3, 0.4) is 0 Å². The molecular weight excluding hydrogens is 605 g/mol. The first-order chi connectivity index (χ1) is 19.5. The van der Waals surface area contributed by atoms with Gasteiger partial charge in [-0.2, -0.15) is 10.4 Å². The number of anilines is 1. The first-order valence-corrected chi connectivity index (χ1v) is 16.7. The highest BCUT2D eigenvalue weighted by atomic mass is 32.2. The molecule has 1 aliphatic rings. The minimum atomic E-state index is -4.22. The molecule has 0 aliphatic carbocycles. The molecule has 42 heavy (non-hydrogen) atoms. The fourth-order valence-corrected chi connectivity index (χ4v) is 6.79. The van der Waals surface area contributed by atoms with Crippen LogP contribution >= 0.6 is 31.3 Å². The van der Waals surface area contributed by atoms with Gasteiger partial charge in [-0.3, -0.25) is 23.2 Å². The molecule has 1 aliphatic heterocycles. The smallest absolute Gasteiger partial charge is 0.390 e. The van der Waals surface area contributed by atoms with Gasteiger partial charge in [0, 0.05) is 28.8 Å². The average molecular weight is 644 g/mol. The number of hydrogen-bond donors (Lipinski definition) is 2. The van der Waals surface area contributed by atoms with Crippen LogP contribution in [0, 0.1) is 22.2 Å². The summed E-state index contributed by atoms with van der Waals surface area (Å²) in [6.45, 7) is 10.1. The third-order valence-corrected chi connectivity index (χ3v) is 10.1. The molecule has 0 radical (unpaired) electrons. The van der Waals surface area contributed by atoms with Crippen molar-refractivity contribution in [1.29, 1.82) is 5.26 Å². The maximum atomic E-state index is 13.5. The van der Waals surface area contributed by atoms with Crippen LogP contribution in [0.25, 0.3) is 5.52 Å². The van der Waals surface area contributed by atoms with Crippen LogP contribution in [0.5, 0.6) is 0 Å². The number of thioether (sulfide) groups is 2. The van der Waals surface area contributed by atoms with E-state index in [-0.39, 0.29) is 47.2 Å². The summed E-state index contributed by atoms with van der Waals surface area (Å²) in [5, 5.41) is 24.9. The first-order valence-electron chi connectivity index (χ1n) is 13.3. The van der Waals surface area contributed by atoms with Crippen LogP contribution < -0.4 is 5.73 Å². The molecule has 1 fully saturated rings. The van der Waals surface area contributed by atoms with Crippen molar-refractivity contribution in [3.63, 3.8) is 0 Å². The monoisotopic (exact) mass is 643 g/mol. The number of ether oxygens (including phenoxy) is 1. The van der Waals surface area contributed by atoms with E-state index >= 15 is 0 Å². The van der Waals surface area contributed by atoms with Gasteiger partial charge in [-0.05, 0) is 12.1 Å². The highest BCUT2D eigenvalue weighted by Gasteiger charge is 2.50. The van der Waals surface area contributed by atoms with E-state index in [4.69, 9.17) is 24.0 Å². The van der Waals surface area contributed by atoms with Crippen molar-refractivity contribution in [2.24, 2.45) is 10.8 Å². The third kappa shape index (κ3) is 8.54. The number of hydrogen-bond acceptors (Lipinski definition) is 14. The van der Waals surface area contributed by atoms with Gasteiger partial charge < -0.3 is 15.6 Å². The Morgan fingerprint density at radius 1 is 1.14 bits per heavy atom. The van der Waals surface area contributed by atoms with Gasteiger partial charge in [0.1, 0.15) is 24.0 Å². The van der Waals surface area contributed by atoms with Crippen LogP contribution in [-0.2, 0) is 38.1 Å². The fraction of sp³-hybridized carbons (Fsp3) is 0.654. The van der Waals surface area contributed by atoms with E-state index in [9.17, 15) is 24.5 Å². The van der Waals surface area contributed by atoms with E-state index in [1.165, 1.54) is 10.8 Å². The summed E-state index contributed by atoms with van der Waals surface area (Å²) in [6.07, 6.45) is -1.10. The van der Waals surface area contributed by atoms with Gasteiger partial charge in [-0.1, -0.05) is 65.1 Å². The Morgan fingerprint density at radius 2 is 1.71 bits per heavy atom. The SMILES string of the molecule is CC(C)(C)C(=O)SCCOP(=O)(OCCSC(=O)C(C)(C)C)OC[C@H]1O[C@@](C#N)(c2ccc3c(N)ncnn23)C[C@@H]1O. The summed E-state index contributed by atoms with van der Waals surface area (Å²) in [5.41, 5.74) is 4.02. The van der Waals surface area contributed by atoms with E-state index in [1.807, 2.05) is 0 Å². The molecule has 3 heterocycles. The molecule has 16 heteroatoms. The molecule has 2 aromatic heterocycles. The number of nitrogens with two attached hydrogens (primary N) is 1. The summed E-state index contributed by atoms with van der Waals surface area (Å²) in [6, 6.07) is 5.38. The van der Waals surface area contributed by atoms with Crippen molar-refractivity contribution in [3.8, 4) is 6.07 Å². The molecule has 232 valence electrons. The Kier molecular flexibility index (Phi) is 11.3. The predicted molar refractivity (Wildman–Crippen MR) is 159 cm³/mol. The number of aliphatic hydroxyl groups excluding tert-OH is 1. The minimum Gasteiger partial charge on any atom is -0.390 e. The molecule has 1 saturated heterocycles. The summed E-state index contributed by atoms with van der Waals surface area (Å²) < 4.78 is 37.5. The van der Waals surface area contributed by atoms with Gasteiger partial charge in [0.25, 0.3) is 0 Å². The number of nitrogen functional groups attached to an aromatic ring is 1. The van der Waals surface area contributed by atoms with Crippen molar-refractivity contribution in [3.05, 3.63) is 24.2 Å². The molecule has 0 aromatic carbocycles.